The molecule has 1 saturated heterocycles. The Morgan fingerprint density at radius 3 is 2.76 bits per heavy atom. The molecule has 0 radical (unpaired) electrons. The minimum atomic E-state index is -1.01. The van der Waals surface area contributed by atoms with E-state index in [1.165, 1.54) is 12.1 Å². The number of carbonyl (C=O) groups is 2. The zero-order valence-electron chi connectivity index (χ0n) is 17.7. The molecule has 2 rings (SSSR count). The maximum absolute atomic E-state index is 13.3. The highest BCUT2D eigenvalue weighted by Crippen LogP contribution is 2.15. The summed E-state index contributed by atoms with van der Waals surface area (Å²) in [7, 11) is 1.42. The van der Waals surface area contributed by atoms with Crippen molar-refractivity contribution < 1.29 is 19.4 Å². The molecule has 8 nitrogen and oxygen atoms in total. The number of methoxy groups -OCH3 is 1. The van der Waals surface area contributed by atoms with E-state index >= 15 is 0 Å². The van der Waals surface area contributed by atoms with Gasteiger partial charge in [-0.2, -0.15) is 0 Å². The van der Waals surface area contributed by atoms with E-state index in [1.54, 1.807) is 0 Å². The second-order valence-electron chi connectivity index (χ2n) is 8.02. The molecule has 0 spiro atoms. The lowest BCUT2D eigenvalue weighted by atomic mass is 10.0. The molecule has 0 aromatic heterocycles. The smallest absolute Gasteiger partial charge is 0.259 e. The Morgan fingerprint density at radius 1 is 1.41 bits per heavy atom. The third-order valence-electron chi connectivity index (χ3n) is 5.23. The van der Waals surface area contributed by atoms with Gasteiger partial charge in [-0.25, -0.2) is 5.43 Å². The van der Waals surface area contributed by atoms with Crippen LogP contribution in [0.1, 0.15) is 37.8 Å². The number of benzene rings is 1. The number of aliphatic hydroxyl groups excluding tert-OH is 1. The van der Waals surface area contributed by atoms with E-state index in [4.69, 9.17) is 10.5 Å². The average Bonchev–Trinajstić information content (AvgIpc) is 2.71. The minimum absolute atomic E-state index is 0.0425. The van der Waals surface area contributed by atoms with Crippen LogP contribution in [0.3, 0.4) is 0 Å². The van der Waals surface area contributed by atoms with E-state index < -0.39 is 18.4 Å². The number of nitrogens with two attached hydrogens (primary N) is 1. The standard InChI is InChI=1S/C21H34N4O4/c1-13(2)18(22)19(26)23-17(12-15-8-5-7-14(3)11-15)20(27)25-10-6-9-16(24-25)21(28)29-4/h5,7-8,11,13,16-18,21,24,28H,6,9-10,12,22H2,1-4H3,(H,23,26)/t16-,17-,18?,21?/m0/s1. The van der Waals surface area contributed by atoms with Gasteiger partial charge in [0.15, 0.2) is 6.29 Å². The van der Waals surface area contributed by atoms with Gasteiger partial charge >= 0.3 is 0 Å². The molecule has 0 saturated carbocycles. The summed E-state index contributed by atoms with van der Waals surface area (Å²) in [4.78, 5) is 25.8. The first-order valence-electron chi connectivity index (χ1n) is 10.1. The molecule has 29 heavy (non-hydrogen) atoms. The lowest BCUT2D eigenvalue weighted by molar-refractivity contribution is -0.151. The molecule has 1 fully saturated rings. The van der Waals surface area contributed by atoms with Crippen LogP contribution >= 0.6 is 0 Å². The van der Waals surface area contributed by atoms with Crippen LogP contribution in [0.25, 0.3) is 0 Å². The van der Waals surface area contributed by atoms with Crippen LogP contribution in [0.2, 0.25) is 0 Å². The number of ether oxygens (including phenoxy) is 1. The van der Waals surface area contributed by atoms with Gasteiger partial charge in [0.2, 0.25) is 5.91 Å². The number of hydrazine groups is 1. The van der Waals surface area contributed by atoms with E-state index in [9.17, 15) is 14.7 Å². The predicted molar refractivity (Wildman–Crippen MR) is 111 cm³/mol. The molecule has 2 amide bonds. The van der Waals surface area contributed by atoms with Gasteiger partial charge in [0.25, 0.3) is 5.91 Å². The summed E-state index contributed by atoms with van der Waals surface area (Å²) >= 11 is 0. The molecule has 162 valence electrons. The van der Waals surface area contributed by atoms with E-state index in [1.807, 2.05) is 45.0 Å². The Kier molecular flexibility index (Phi) is 8.58. The number of hydrogen-bond donors (Lipinski definition) is 4. The topological polar surface area (TPSA) is 117 Å². The maximum Gasteiger partial charge on any atom is 0.259 e. The molecule has 8 heteroatoms. The monoisotopic (exact) mass is 406 g/mol. The molecule has 0 aliphatic carbocycles. The van der Waals surface area contributed by atoms with E-state index in [2.05, 4.69) is 10.7 Å². The van der Waals surface area contributed by atoms with Gasteiger partial charge in [-0.15, -0.1) is 0 Å². The molecule has 4 atom stereocenters. The summed E-state index contributed by atoms with van der Waals surface area (Å²) in [6.45, 7) is 6.20. The Morgan fingerprint density at radius 2 is 2.14 bits per heavy atom. The highest BCUT2D eigenvalue weighted by atomic mass is 16.6. The van der Waals surface area contributed by atoms with Gasteiger partial charge in [0.05, 0.1) is 12.1 Å². The fourth-order valence-electron chi connectivity index (χ4n) is 3.38. The molecule has 5 N–H and O–H groups in total. The Hall–Kier alpha value is -2.00. The highest BCUT2D eigenvalue weighted by Gasteiger charge is 2.33. The van der Waals surface area contributed by atoms with Gasteiger partial charge in [0.1, 0.15) is 6.04 Å². The summed E-state index contributed by atoms with van der Waals surface area (Å²) in [5, 5.41) is 14.3. The van der Waals surface area contributed by atoms with E-state index in [-0.39, 0.29) is 23.8 Å². The van der Waals surface area contributed by atoms with Crippen molar-refractivity contribution >= 4 is 11.8 Å². The van der Waals surface area contributed by atoms with Gasteiger partial charge in [-0.1, -0.05) is 43.7 Å². The summed E-state index contributed by atoms with van der Waals surface area (Å²) in [5.74, 6) is -0.653. The first-order valence-corrected chi connectivity index (χ1v) is 10.1. The molecule has 1 heterocycles. The molecule has 1 aromatic rings. The lowest BCUT2D eigenvalue weighted by Crippen LogP contribution is -2.62. The number of amides is 2. The minimum Gasteiger partial charge on any atom is -0.367 e. The van der Waals surface area contributed by atoms with Crippen molar-refractivity contribution in [1.29, 1.82) is 0 Å². The molecule has 1 aliphatic heterocycles. The van der Waals surface area contributed by atoms with Crippen molar-refractivity contribution in [3.8, 4) is 0 Å². The molecule has 1 aliphatic rings. The highest BCUT2D eigenvalue weighted by molar-refractivity contribution is 5.90. The number of hydrogen-bond acceptors (Lipinski definition) is 6. The second-order valence-corrected chi connectivity index (χ2v) is 8.02. The van der Waals surface area contributed by atoms with Gasteiger partial charge in [0, 0.05) is 20.1 Å². The third-order valence-corrected chi connectivity index (χ3v) is 5.23. The van der Waals surface area contributed by atoms with Crippen molar-refractivity contribution in [1.82, 2.24) is 15.8 Å². The zero-order chi connectivity index (χ0) is 21.6. The summed E-state index contributed by atoms with van der Waals surface area (Å²) < 4.78 is 4.98. The van der Waals surface area contributed by atoms with Gasteiger partial charge < -0.3 is 20.9 Å². The van der Waals surface area contributed by atoms with Crippen LogP contribution in [0.5, 0.6) is 0 Å². The van der Waals surface area contributed by atoms with Crippen molar-refractivity contribution in [3.63, 3.8) is 0 Å². The fourth-order valence-corrected chi connectivity index (χ4v) is 3.38. The summed E-state index contributed by atoms with van der Waals surface area (Å²) in [5.41, 5.74) is 11.0. The molecular weight excluding hydrogens is 372 g/mol. The van der Waals surface area contributed by atoms with Crippen LogP contribution in [-0.4, -0.2) is 60.0 Å². The number of rotatable bonds is 8. The SMILES string of the molecule is COC(O)[C@@H]1CCCN(C(=O)[C@H](Cc2cccc(C)c2)NC(=O)C(N)C(C)C)N1. The third kappa shape index (κ3) is 6.50. The largest absolute Gasteiger partial charge is 0.367 e. The summed E-state index contributed by atoms with van der Waals surface area (Å²) in [6, 6.07) is 6.00. The van der Waals surface area contributed by atoms with Crippen molar-refractivity contribution in [2.24, 2.45) is 11.7 Å². The number of carbonyl (C=O) groups excluding carboxylic acids is 2. The zero-order valence-corrected chi connectivity index (χ0v) is 17.7. The number of aliphatic hydroxyl groups is 1. The number of aryl methyl sites for hydroxylation is 1. The van der Waals surface area contributed by atoms with E-state index in [0.29, 0.717) is 19.4 Å². The van der Waals surface area contributed by atoms with Crippen molar-refractivity contribution in [2.75, 3.05) is 13.7 Å². The Labute approximate surface area is 172 Å². The van der Waals surface area contributed by atoms with Gasteiger partial charge in [-0.3, -0.25) is 14.6 Å². The van der Waals surface area contributed by atoms with Crippen LogP contribution in [0.15, 0.2) is 24.3 Å². The number of nitrogens with one attached hydrogen (secondary N) is 2. The fraction of sp³-hybridized carbons (Fsp3) is 0.619. The summed E-state index contributed by atoms with van der Waals surface area (Å²) in [6.07, 6.45) is 0.754. The predicted octanol–water partition coefficient (Wildman–Crippen LogP) is 0.466. The Bertz CT molecular complexity index is 697. The molecule has 2 unspecified atom stereocenters. The molecule has 1 aromatic carbocycles. The molecular formula is C21H34N4O4. The maximum atomic E-state index is 13.3. The van der Waals surface area contributed by atoms with Crippen LogP contribution < -0.4 is 16.5 Å². The van der Waals surface area contributed by atoms with Gasteiger partial charge in [-0.05, 0) is 31.2 Å². The first kappa shape index (κ1) is 23.3. The van der Waals surface area contributed by atoms with Crippen molar-refractivity contribution in [3.05, 3.63) is 35.4 Å². The average molecular weight is 407 g/mol. The second kappa shape index (κ2) is 10.7. The van der Waals surface area contributed by atoms with Crippen LogP contribution in [-0.2, 0) is 20.7 Å². The van der Waals surface area contributed by atoms with Crippen LogP contribution in [0, 0.1) is 12.8 Å². The quantitative estimate of drug-likeness (QED) is 0.466. The van der Waals surface area contributed by atoms with Crippen LogP contribution in [0.4, 0.5) is 0 Å². The number of nitrogens with zero attached hydrogens (tertiary/aromatic N) is 1. The van der Waals surface area contributed by atoms with E-state index in [0.717, 1.165) is 17.5 Å². The lowest BCUT2D eigenvalue weighted by Gasteiger charge is -2.37. The van der Waals surface area contributed by atoms with Crippen molar-refractivity contribution in [2.45, 2.75) is 64.4 Å². The normalized spacial score (nSPS) is 20.2. The molecule has 0 bridgehead atoms. The first-order chi connectivity index (χ1) is 13.7. The Balaban J connectivity index is 2.18.